The summed E-state index contributed by atoms with van der Waals surface area (Å²) in [5.41, 5.74) is -0.716. The Bertz CT molecular complexity index is 863. The molecule has 1 saturated heterocycles. The Balaban J connectivity index is 0.000000316. The number of nitrogens with zero attached hydrogens (tertiary/aromatic N) is 2. The second-order valence-corrected chi connectivity index (χ2v) is 6.03. The highest BCUT2D eigenvalue weighted by molar-refractivity contribution is 9.10. The van der Waals surface area contributed by atoms with Crippen LogP contribution in [0, 0.1) is 22.7 Å². The van der Waals surface area contributed by atoms with Gasteiger partial charge in [0.2, 0.25) is 0 Å². The number of hydrogen-bond acceptors (Lipinski definition) is 5. The first-order valence-electron chi connectivity index (χ1n) is 7.51. The van der Waals surface area contributed by atoms with Gasteiger partial charge in [-0.05, 0) is 23.6 Å². The Hall–Kier alpha value is -2.65. The predicted molar refractivity (Wildman–Crippen MR) is 91.6 cm³/mol. The van der Waals surface area contributed by atoms with Crippen LogP contribution >= 0.6 is 15.9 Å². The van der Waals surface area contributed by atoms with Crippen molar-refractivity contribution in [3.8, 4) is 29.1 Å². The number of ether oxygens (including phenoxy) is 1. The number of nitrogens with one attached hydrogen (secondary N) is 1. The Morgan fingerprint density at radius 3 is 2.16 bits per heavy atom. The van der Waals surface area contributed by atoms with Gasteiger partial charge in [0.05, 0.1) is 31.9 Å². The lowest BCUT2D eigenvalue weighted by Crippen LogP contribution is -2.87. The number of benzene rings is 1. The molecule has 0 radical (unpaired) electrons. The number of aromatic amines is 1. The first kappa shape index (κ1) is 18.7. The highest BCUT2D eigenvalue weighted by Gasteiger charge is 2.15. The molecule has 25 heavy (non-hydrogen) atoms. The van der Waals surface area contributed by atoms with E-state index < -0.39 is 11.4 Å². The first-order valence-corrected chi connectivity index (χ1v) is 8.30. The summed E-state index contributed by atoms with van der Waals surface area (Å²) in [4.78, 5) is 13.6. The third kappa shape index (κ3) is 4.68. The standard InChI is InChI=1S/C13H6BrN3O2.C4H9NO/c14-8-3-1-7(2-4-8)11-9(5-15)12(18)17-13(19)10(11)6-16;1-3-6-4-2-5-1/h1-4H,(H2,17,18,19);5H,1-4H2. The van der Waals surface area contributed by atoms with Crippen molar-refractivity contribution in [1.29, 1.82) is 10.5 Å². The molecule has 8 heteroatoms. The van der Waals surface area contributed by atoms with E-state index in [0.29, 0.717) is 5.56 Å². The van der Waals surface area contributed by atoms with Crippen LogP contribution in [0.5, 0.6) is 5.88 Å². The van der Waals surface area contributed by atoms with Gasteiger partial charge in [0.15, 0.2) is 0 Å². The minimum atomic E-state index is -0.788. The van der Waals surface area contributed by atoms with E-state index in [1.54, 1.807) is 36.4 Å². The molecule has 0 unspecified atom stereocenters. The predicted octanol–water partition coefficient (Wildman–Crippen LogP) is 0.201. The van der Waals surface area contributed by atoms with Crippen molar-refractivity contribution in [2.45, 2.75) is 0 Å². The van der Waals surface area contributed by atoms with Gasteiger partial charge in [-0.1, -0.05) is 28.1 Å². The van der Waals surface area contributed by atoms with Crippen molar-refractivity contribution in [2.75, 3.05) is 26.3 Å². The van der Waals surface area contributed by atoms with Gasteiger partial charge < -0.3 is 20.1 Å². The van der Waals surface area contributed by atoms with Gasteiger partial charge >= 0.3 is 0 Å². The van der Waals surface area contributed by atoms with Crippen LogP contribution in [0.15, 0.2) is 33.5 Å². The van der Waals surface area contributed by atoms with Gasteiger partial charge in [0, 0.05) is 10.0 Å². The number of quaternary nitrogens is 1. The van der Waals surface area contributed by atoms with Gasteiger partial charge in [-0.15, -0.1) is 0 Å². The van der Waals surface area contributed by atoms with Crippen LogP contribution in [0.25, 0.3) is 11.1 Å². The number of hydrogen-bond donors (Lipinski definition) is 2. The maximum absolute atomic E-state index is 11.6. The lowest BCUT2D eigenvalue weighted by molar-refractivity contribution is -0.670. The molecule has 0 bridgehead atoms. The number of halogens is 1. The molecule has 1 aromatic heterocycles. The zero-order valence-corrected chi connectivity index (χ0v) is 14.8. The quantitative estimate of drug-likeness (QED) is 0.703. The number of nitrogens with two attached hydrogens (primary N) is 1. The zero-order chi connectivity index (χ0) is 18.2. The van der Waals surface area contributed by atoms with Crippen LogP contribution in [0.1, 0.15) is 11.1 Å². The molecule has 3 N–H and O–H groups in total. The summed E-state index contributed by atoms with van der Waals surface area (Å²) in [6.07, 6.45) is 0. The molecule has 0 saturated carbocycles. The minimum absolute atomic E-state index is 0.0752. The number of morpholine rings is 1. The summed E-state index contributed by atoms with van der Waals surface area (Å²) in [6, 6.07) is 10.1. The van der Waals surface area contributed by atoms with E-state index in [1.165, 1.54) is 0 Å². The number of aromatic nitrogens is 1. The van der Waals surface area contributed by atoms with Gasteiger partial charge in [-0.25, -0.2) is 0 Å². The molecule has 2 heterocycles. The highest BCUT2D eigenvalue weighted by atomic mass is 79.9. The zero-order valence-electron chi connectivity index (χ0n) is 13.2. The molecule has 1 aliphatic rings. The third-order valence-corrected chi connectivity index (χ3v) is 4.00. The molecule has 2 aromatic rings. The van der Waals surface area contributed by atoms with Crippen molar-refractivity contribution >= 4 is 15.9 Å². The van der Waals surface area contributed by atoms with Crippen LogP contribution in [-0.2, 0) is 4.74 Å². The molecule has 0 atom stereocenters. The highest BCUT2D eigenvalue weighted by Crippen LogP contribution is 2.29. The van der Waals surface area contributed by atoms with Gasteiger partial charge in [0.1, 0.15) is 17.7 Å². The van der Waals surface area contributed by atoms with Gasteiger partial charge in [-0.3, -0.25) is 4.79 Å². The Morgan fingerprint density at radius 2 is 1.72 bits per heavy atom. The van der Waals surface area contributed by atoms with E-state index in [0.717, 1.165) is 30.8 Å². The van der Waals surface area contributed by atoms with Crippen molar-refractivity contribution in [3.05, 3.63) is 50.2 Å². The van der Waals surface area contributed by atoms with Gasteiger partial charge in [0.25, 0.3) is 5.56 Å². The Morgan fingerprint density at radius 1 is 1.12 bits per heavy atom. The van der Waals surface area contributed by atoms with E-state index in [9.17, 15) is 9.90 Å². The van der Waals surface area contributed by atoms with E-state index in [2.05, 4.69) is 21.2 Å². The number of H-pyrrole nitrogens is 1. The fourth-order valence-corrected chi connectivity index (χ4v) is 2.54. The van der Waals surface area contributed by atoms with Gasteiger partial charge in [-0.2, -0.15) is 10.5 Å². The molecular weight excluding hydrogens is 388 g/mol. The van der Waals surface area contributed by atoms with Crippen LogP contribution < -0.4 is 16.0 Å². The summed E-state index contributed by atoms with van der Waals surface area (Å²) in [5.74, 6) is -0.788. The average molecular weight is 403 g/mol. The number of nitriles is 2. The van der Waals surface area contributed by atoms with E-state index >= 15 is 0 Å². The van der Waals surface area contributed by atoms with Crippen LogP contribution in [-0.4, -0.2) is 31.3 Å². The summed E-state index contributed by atoms with van der Waals surface area (Å²) in [5, 5.41) is 31.9. The van der Waals surface area contributed by atoms with Crippen molar-refractivity contribution < 1.29 is 15.2 Å². The lowest BCUT2D eigenvalue weighted by Gasteiger charge is -2.13. The van der Waals surface area contributed by atoms with Crippen molar-refractivity contribution in [2.24, 2.45) is 0 Å². The fraction of sp³-hybridized carbons (Fsp3) is 0.235. The topological polar surface area (TPSA) is 129 Å². The third-order valence-electron chi connectivity index (χ3n) is 3.47. The van der Waals surface area contributed by atoms with Crippen LogP contribution in [0.4, 0.5) is 0 Å². The molecular formula is C17H15BrN4O3. The van der Waals surface area contributed by atoms with Crippen molar-refractivity contribution in [1.82, 2.24) is 4.98 Å². The van der Waals surface area contributed by atoms with Crippen LogP contribution in [0.3, 0.4) is 0 Å². The summed E-state index contributed by atoms with van der Waals surface area (Å²) in [7, 11) is 0. The van der Waals surface area contributed by atoms with E-state index in [-0.39, 0.29) is 16.7 Å². The first-order chi connectivity index (χ1) is 12.1. The second-order valence-electron chi connectivity index (χ2n) is 5.12. The maximum atomic E-state index is 11.6. The maximum Gasteiger partial charge on any atom is 0.266 e. The lowest BCUT2D eigenvalue weighted by atomic mass is 9.97. The Kier molecular flexibility index (Phi) is 6.72. The average Bonchev–Trinajstić information content (AvgIpc) is 2.64. The summed E-state index contributed by atoms with van der Waals surface area (Å²) >= 11 is 3.26. The Labute approximate surface area is 152 Å². The molecule has 0 spiro atoms. The number of pyridine rings is 1. The molecule has 0 aliphatic carbocycles. The molecule has 1 fully saturated rings. The molecule has 128 valence electrons. The largest absolute Gasteiger partial charge is 0.859 e. The van der Waals surface area contributed by atoms with E-state index in [1.807, 2.05) is 4.98 Å². The monoisotopic (exact) mass is 402 g/mol. The fourth-order valence-electron chi connectivity index (χ4n) is 2.28. The minimum Gasteiger partial charge on any atom is -0.859 e. The SMILES string of the molecule is C1COCC[NH2+]1.N#Cc1c([O-])[nH]c(=O)c(C#N)c1-c1ccc(Br)cc1. The summed E-state index contributed by atoms with van der Waals surface area (Å²) < 4.78 is 5.84. The molecule has 0 amide bonds. The number of rotatable bonds is 1. The van der Waals surface area contributed by atoms with Crippen molar-refractivity contribution in [3.63, 3.8) is 0 Å². The molecule has 7 nitrogen and oxygen atoms in total. The normalized spacial score (nSPS) is 13.1. The molecule has 3 rings (SSSR count). The summed E-state index contributed by atoms with van der Waals surface area (Å²) in [6.45, 7) is 4.19. The van der Waals surface area contributed by atoms with E-state index in [4.69, 9.17) is 15.3 Å². The van der Waals surface area contributed by atoms with Crippen LogP contribution in [0.2, 0.25) is 0 Å². The smallest absolute Gasteiger partial charge is 0.266 e. The second kappa shape index (κ2) is 9.00. The molecule has 1 aromatic carbocycles. The molecule has 1 aliphatic heterocycles.